The number of likely N-dealkylation sites (N-methyl/N-ethyl adjacent to an activating group) is 1. The van der Waals surface area contributed by atoms with Gasteiger partial charge in [-0.3, -0.25) is 4.79 Å². The van der Waals surface area contributed by atoms with E-state index in [4.69, 9.17) is 23.2 Å². The largest absolute Gasteiger partial charge is 0.389 e. The van der Waals surface area contributed by atoms with Gasteiger partial charge in [0.25, 0.3) is 5.91 Å². The number of amides is 1. The van der Waals surface area contributed by atoms with Gasteiger partial charge in [-0.1, -0.05) is 29.3 Å². The molecule has 1 rings (SSSR count). The van der Waals surface area contributed by atoms with Crippen LogP contribution >= 0.6 is 23.2 Å². The van der Waals surface area contributed by atoms with E-state index < -0.39 is 5.60 Å². The zero-order valence-corrected chi connectivity index (χ0v) is 11.5. The molecule has 0 saturated heterocycles. The van der Waals surface area contributed by atoms with Crippen molar-refractivity contribution in [2.45, 2.75) is 19.4 Å². The standard InChI is InChI=1S/C12H15Cl2NO2/c1-12(2,17)7-15(3)11(16)8-5-4-6-9(13)10(8)14/h4-6,17H,7H2,1-3H3. The highest BCUT2D eigenvalue weighted by atomic mass is 35.5. The number of carbonyl (C=O) groups is 1. The second kappa shape index (κ2) is 5.25. The van der Waals surface area contributed by atoms with E-state index >= 15 is 0 Å². The normalized spacial score (nSPS) is 11.4. The lowest BCUT2D eigenvalue weighted by atomic mass is 10.1. The number of hydrogen-bond donors (Lipinski definition) is 1. The molecule has 5 heteroatoms. The van der Waals surface area contributed by atoms with Crippen LogP contribution in [0.25, 0.3) is 0 Å². The summed E-state index contributed by atoms with van der Waals surface area (Å²) >= 11 is 11.8. The van der Waals surface area contributed by atoms with E-state index in [1.807, 2.05) is 0 Å². The van der Waals surface area contributed by atoms with Crippen LogP contribution in [0, 0.1) is 0 Å². The maximum atomic E-state index is 12.1. The molecule has 1 amide bonds. The fraction of sp³-hybridized carbons (Fsp3) is 0.417. The minimum Gasteiger partial charge on any atom is -0.389 e. The second-order valence-corrected chi connectivity index (χ2v) is 5.36. The molecule has 0 aliphatic heterocycles. The van der Waals surface area contributed by atoms with Crippen LogP contribution < -0.4 is 0 Å². The lowest BCUT2D eigenvalue weighted by molar-refractivity contribution is 0.0368. The fourth-order valence-corrected chi connectivity index (χ4v) is 1.91. The molecule has 0 unspecified atom stereocenters. The van der Waals surface area contributed by atoms with Crippen LogP contribution in [0.5, 0.6) is 0 Å². The number of halogens is 2. The molecule has 0 spiro atoms. The Kier molecular flexibility index (Phi) is 4.42. The van der Waals surface area contributed by atoms with E-state index in [0.717, 1.165) is 0 Å². The highest BCUT2D eigenvalue weighted by Gasteiger charge is 2.22. The SMILES string of the molecule is CN(CC(C)(C)O)C(=O)c1cccc(Cl)c1Cl. The topological polar surface area (TPSA) is 40.5 Å². The van der Waals surface area contributed by atoms with Crippen LogP contribution in [0.3, 0.4) is 0 Å². The van der Waals surface area contributed by atoms with Crippen molar-refractivity contribution >= 4 is 29.1 Å². The maximum Gasteiger partial charge on any atom is 0.255 e. The van der Waals surface area contributed by atoms with Gasteiger partial charge in [0.2, 0.25) is 0 Å². The molecule has 0 fully saturated rings. The molecule has 3 nitrogen and oxygen atoms in total. The number of rotatable bonds is 3. The maximum absolute atomic E-state index is 12.1. The number of nitrogens with zero attached hydrogens (tertiary/aromatic N) is 1. The highest BCUT2D eigenvalue weighted by Crippen LogP contribution is 2.26. The van der Waals surface area contributed by atoms with Gasteiger partial charge < -0.3 is 10.0 Å². The van der Waals surface area contributed by atoms with E-state index in [2.05, 4.69) is 0 Å². The van der Waals surface area contributed by atoms with E-state index in [1.54, 1.807) is 39.1 Å². The van der Waals surface area contributed by atoms with Gasteiger partial charge in [0.1, 0.15) is 0 Å². The molecule has 0 atom stereocenters. The summed E-state index contributed by atoms with van der Waals surface area (Å²) in [6.45, 7) is 3.49. The summed E-state index contributed by atoms with van der Waals surface area (Å²) in [4.78, 5) is 13.5. The summed E-state index contributed by atoms with van der Waals surface area (Å²) in [5, 5.41) is 10.2. The summed E-state index contributed by atoms with van der Waals surface area (Å²) in [6, 6.07) is 4.90. The Bertz CT molecular complexity index is 427. The Morgan fingerprint density at radius 3 is 2.53 bits per heavy atom. The average Bonchev–Trinajstić information content (AvgIpc) is 2.18. The third-order valence-corrected chi connectivity index (χ3v) is 2.97. The van der Waals surface area contributed by atoms with E-state index in [9.17, 15) is 9.90 Å². The molecule has 1 N–H and O–H groups in total. The Morgan fingerprint density at radius 2 is 2.00 bits per heavy atom. The summed E-state index contributed by atoms with van der Waals surface area (Å²) in [5.74, 6) is -0.264. The van der Waals surface area contributed by atoms with Crippen LogP contribution in [0.1, 0.15) is 24.2 Å². The predicted octanol–water partition coefficient (Wildman–Crippen LogP) is 2.84. The monoisotopic (exact) mass is 275 g/mol. The van der Waals surface area contributed by atoms with Crippen molar-refractivity contribution in [3.05, 3.63) is 33.8 Å². The van der Waals surface area contributed by atoms with Gasteiger partial charge in [0.15, 0.2) is 0 Å². The number of aliphatic hydroxyl groups is 1. The Labute approximate surface area is 111 Å². The average molecular weight is 276 g/mol. The summed E-state index contributed by atoms with van der Waals surface area (Å²) in [5.41, 5.74) is -0.610. The zero-order chi connectivity index (χ0) is 13.2. The molecule has 17 heavy (non-hydrogen) atoms. The van der Waals surface area contributed by atoms with Gasteiger partial charge >= 0.3 is 0 Å². The van der Waals surface area contributed by atoms with Crippen molar-refractivity contribution in [2.75, 3.05) is 13.6 Å². The second-order valence-electron chi connectivity index (χ2n) is 4.58. The van der Waals surface area contributed by atoms with Gasteiger partial charge in [-0.2, -0.15) is 0 Å². The van der Waals surface area contributed by atoms with Gasteiger partial charge in [-0.05, 0) is 26.0 Å². The molecule has 0 aliphatic carbocycles. The van der Waals surface area contributed by atoms with E-state index in [1.165, 1.54) is 4.90 Å². The van der Waals surface area contributed by atoms with Gasteiger partial charge in [0.05, 0.1) is 21.2 Å². The minimum atomic E-state index is -0.949. The lowest BCUT2D eigenvalue weighted by Crippen LogP contribution is -2.39. The summed E-state index contributed by atoms with van der Waals surface area (Å²) < 4.78 is 0. The first-order valence-electron chi connectivity index (χ1n) is 5.14. The van der Waals surface area contributed by atoms with Crippen LogP contribution in [0.2, 0.25) is 10.0 Å². The van der Waals surface area contributed by atoms with Crippen molar-refractivity contribution in [2.24, 2.45) is 0 Å². The quantitative estimate of drug-likeness (QED) is 0.922. The van der Waals surface area contributed by atoms with Crippen molar-refractivity contribution in [1.82, 2.24) is 4.90 Å². The number of carbonyl (C=O) groups excluding carboxylic acids is 1. The first-order valence-corrected chi connectivity index (χ1v) is 5.90. The number of hydrogen-bond acceptors (Lipinski definition) is 2. The predicted molar refractivity (Wildman–Crippen MR) is 69.7 cm³/mol. The Hall–Kier alpha value is -0.770. The molecular weight excluding hydrogens is 261 g/mol. The fourth-order valence-electron chi connectivity index (χ4n) is 1.53. The van der Waals surface area contributed by atoms with Gasteiger partial charge in [-0.15, -0.1) is 0 Å². The zero-order valence-electron chi connectivity index (χ0n) is 10.00. The Morgan fingerprint density at radius 1 is 1.41 bits per heavy atom. The molecule has 0 saturated carbocycles. The van der Waals surface area contributed by atoms with Crippen molar-refractivity contribution in [3.8, 4) is 0 Å². The molecule has 1 aromatic carbocycles. The van der Waals surface area contributed by atoms with Crippen molar-refractivity contribution in [3.63, 3.8) is 0 Å². The third kappa shape index (κ3) is 3.87. The van der Waals surface area contributed by atoms with Crippen LogP contribution in [0.4, 0.5) is 0 Å². The first-order chi connectivity index (χ1) is 7.72. The van der Waals surface area contributed by atoms with Crippen LogP contribution in [0.15, 0.2) is 18.2 Å². The molecule has 0 radical (unpaired) electrons. The molecular formula is C12H15Cl2NO2. The highest BCUT2D eigenvalue weighted by molar-refractivity contribution is 6.43. The molecule has 94 valence electrons. The van der Waals surface area contributed by atoms with E-state index in [0.29, 0.717) is 10.6 Å². The first kappa shape index (κ1) is 14.3. The van der Waals surface area contributed by atoms with Gasteiger partial charge in [-0.25, -0.2) is 0 Å². The van der Waals surface area contributed by atoms with Crippen LogP contribution in [-0.2, 0) is 0 Å². The van der Waals surface area contributed by atoms with Crippen molar-refractivity contribution < 1.29 is 9.90 Å². The third-order valence-electron chi connectivity index (χ3n) is 2.15. The molecule has 1 aromatic rings. The smallest absolute Gasteiger partial charge is 0.255 e. The molecule has 0 aromatic heterocycles. The minimum absolute atomic E-state index is 0.217. The van der Waals surface area contributed by atoms with E-state index in [-0.39, 0.29) is 17.5 Å². The van der Waals surface area contributed by atoms with Crippen molar-refractivity contribution in [1.29, 1.82) is 0 Å². The molecule has 0 heterocycles. The lowest BCUT2D eigenvalue weighted by Gasteiger charge is -2.26. The summed E-state index contributed by atoms with van der Waals surface area (Å²) in [6.07, 6.45) is 0. The van der Waals surface area contributed by atoms with Gasteiger partial charge in [0, 0.05) is 13.6 Å². The summed E-state index contributed by atoms with van der Waals surface area (Å²) in [7, 11) is 1.61. The molecule has 0 aliphatic rings. The van der Waals surface area contributed by atoms with Crippen LogP contribution in [-0.4, -0.2) is 35.1 Å². The molecule has 0 bridgehead atoms. The number of benzene rings is 1. The Balaban J connectivity index is 2.93.